The number of benzene rings is 1. The lowest BCUT2D eigenvalue weighted by Gasteiger charge is -2.15. The molecule has 0 aliphatic carbocycles. The van der Waals surface area contributed by atoms with Crippen molar-refractivity contribution in [2.75, 3.05) is 11.9 Å². The molecule has 0 bridgehead atoms. The van der Waals surface area contributed by atoms with Crippen molar-refractivity contribution in [2.45, 2.75) is 19.9 Å². The molecule has 2 N–H and O–H groups in total. The van der Waals surface area contributed by atoms with E-state index in [1.807, 2.05) is 0 Å². The molecule has 1 amide bonds. The van der Waals surface area contributed by atoms with Gasteiger partial charge < -0.3 is 10.6 Å². The molecule has 0 radical (unpaired) electrons. The van der Waals surface area contributed by atoms with Gasteiger partial charge in [-0.3, -0.25) is 4.79 Å². The Labute approximate surface area is 101 Å². The highest BCUT2D eigenvalue weighted by Gasteiger charge is 2.11. The van der Waals surface area contributed by atoms with E-state index in [0.717, 1.165) is 0 Å². The first-order valence-corrected chi connectivity index (χ1v) is 5.46. The highest BCUT2D eigenvalue weighted by atomic mass is 19.1. The van der Waals surface area contributed by atoms with E-state index >= 15 is 0 Å². The molecule has 1 aromatic rings. The second-order valence-corrected chi connectivity index (χ2v) is 3.86. The Bertz CT molecular complexity index is 418. The molecule has 1 rings (SSSR count). The predicted octanol–water partition coefficient (Wildman–Crippen LogP) is 2.24. The molecule has 0 aliphatic heterocycles. The van der Waals surface area contributed by atoms with Crippen LogP contribution in [0.25, 0.3) is 0 Å². The fraction of sp³-hybridized carbons (Fsp3) is 0.308. The molecule has 0 aromatic heterocycles. The maximum atomic E-state index is 13.3. The summed E-state index contributed by atoms with van der Waals surface area (Å²) in [4.78, 5) is 11.5. The lowest BCUT2D eigenvalue weighted by atomic mass is 10.2. The van der Waals surface area contributed by atoms with Gasteiger partial charge in [0, 0.05) is 12.2 Å². The quantitative estimate of drug-likeness (QED) is 0.770. The van der Waals surface area contributed by atoms with Crippen molar-refractivity contribution in [3.63, 3.8) is 0 Å². The number of hydrogen-bond donors (Lipinski definition) is 2. The van der Waals surface area contributed by atoms with Crippen LogP contribution in [0.3, 0.4) is 0 Å². The zero-order valence-electron chi connectivity index (χ0n) is 10.1. The van der Waals surface area contributed by atoms with Gasteiger partial charge >= 0.3 is 0 Å². The number of rotatable bonds is 5. The molecule has 4 heteroatoms. The topological polar surface area (TPSA) is 41.1 Å². The van der Waals surface area contributed by atoms with E-state index in [1.54, 1.807) is 32.1 Å². The maximum Gasteiger partial charge on any atom is 0.242 e. The van der Waals surface area contributed by atoms with Gasteiger partial charge in [0.25, 0.3) is 0 Å². The number of carbonyl (C=O) groups excluding carboxylic acids is 1. The van der Waals surface area contributed by atoms with E-state index in [-0.39, 0.29) is 11.7 Å². The number of hydrogen-bond acceptors (Lipinski definition) is 2. The van der Waals surface area contributed by atoms with Crippen molar-refractivity contribution in [3.8, 4) is 0 Å². The Morgan fingerprint density at radius 3 is 2.88 bits per heavy atom. The zero-order valence-corrected chi connectivity index (χ0v) is 10.1. The van der Waals surface area contributed by atoms with Gasteiger partial charge in [0.1, 0.15) is 11.9 Å². The van der Waals surface area contributed by atoms with E-state index in [0.29, 0.717) is 17.8 Å². The summed E-state index contributed by atoms with van der Waals surface area (Å²) in [5.74, 6) is -0.431. The van der Waals surface area contributed by atoms with Gasteiger partial charge in [-0.15, -0.1) is 6.58 Å². The molecule has 0 heterocycles. The zero-order chi connectivity index (χ0) is 12.8. The fourth-order valence-electron chi connectivity index (χ4n) is 1.32. The molecule has 17 heavy (non-hydrogen) atoms. The number of anilines is 1. The van der Waals surface area contributed by atoms with E-state index in [9.17, 15) is 9.18 Å². The second-order valence-electron chi connectivity index (χ2n) is 3.86. The monoisotopic (exact) mass is 236 g/mol. The highest BCUT2D eigenvalue weighted by Crippen LogP contribution is 2.14. The summed E-state index contributed by atoms with van der Waals surface area (Å²) in [5, 5.41) is 5.60. The van der Waals surface area contributed by atoms with Crippen LogP contribution in [0.15, 0.2) is 30.9 Å². The van der Waals surface area contributed by atoms with Gasteiger partial charge in [-0.1, -0.05) is 12.1 Å². The maximum absolute atomic E-state index is 13.3. The molecule has 0 aliphatic rings. The molecular weight excluding hydrogens is 219 g/mol. The van der Waals surface area contributed by atoms with Crippen LogP contribution in [0.4, 0.5) is 10.1 Å². The Morgan fingerprint density at radius 2 is 2.29 bits per heavy atom. The number of aryl methyl sites for hydroxylation is 1. The van der Waals surface area contributed by atoms with Crippen molar-refractivity contribution in [3.05, 3.63) is 42.2 Å². The summed E-state index contributed by atoms with van der Waals surface area (Å²) in [7, 11) is 0. The number of nitrogens with one attached hydrogen (secondary N) is 2. The number of carbonyl (C=O) groups is 1. The molecular formula is C13H17FN2O. The molecule has 1 atom stereocenters. The van der Waals surface area contributed by atoms with Crippen LogP contribution >= 0.6 is 0 Å². The summed E-state index contributed by atoms with van der Waals surface area (Å²) in [5.41, 5.74) is 1.17. The van der Waals surface area contributed by atoms with E-state index in [1.165, 1.54) is 6.07 Å². The average molecular weight is 236 g/mol. The van der Waals surface area contributed by atoms with E-state index in [4.69, 9.17) is 0 Å². The van der Waals surface area contributed by atoms with Crippen molar-refractivity contribution in [1.29, 1.82) is 0 Å². The highest BCUT2D eigenvalue weighted by molar-refractivity contribution is 5.84. The fourth-order valence-corrected chi connectivity index (χ4v) is 1.32. The third-order valence-electron chi connectivity index (χ3n) is 2.37. The van der Waals surface area contributed by atoms with Crippen molar-refractivity contribution in [2.24, 2.45) is 0 Å². The van der Waals surface area contributed by atoms with Crippen LogP contribution in [-0.2, 0) is 4.79 Å². The predicted molar refractivity (Wildman–Crippen MR) is 67.4 cm³/mol. The smallest absolute Gasteiger partial charge is 0.242 e. The van der Waals surface area contributed by atoms with Gasteiger partial charge in [-0.05, 0) is 31.5 Å². The number of halogens is 1. The summed E-state index contributed by atoms with van der Waals surface area (Å²) < 4.78 is 13.3. The Kier molecular flexibility index (Phi) is 4.69. The van der Waals surface area contributed by atoms with E-state index < -0.39 is 6.04 Å². The van der Waals surface area contributed by atoms with Crippen LogP contribution in [0.5, 0.6) is 0 Å². The molecule has 0 saturated heterocycles. The summed E-state index contributed by atoms with van der Waals surface area (Å²) in [6, 6.07) is 4.38. The van der Waals surface area contributed by atoms with Crippen LogP contribution in [0.2, 0.25) is 0 Å². The third-order valence-corrected chi connectivity index (χ3v) is 2.37. The van der Waals surface area contributed by atoms with Gasteiger partial charge in [0.2, 0.25) is 5.91 Å². The van der Waals surface area contributed by atoms with Crippen LogP contribution < -0.4 is 10.6 Å². The van der Waals surface area contributed by atoms with Crippen molar-refractivity contribution < 1.29 is 9.18 Å². The van der Waals surface area contributed by atoms with Crippen LogP contribution in [0, 0.1) is 12.7 Å². The number of amides is 1. The first-order valence-electron chi connectivity index (χ1n) is 5.46. The lowest BCUT2D eigenvalue weighted by molar-refractivity contribution is -0.121. The van der Waals surface area contributed by atoms with Crippen LogP contribution in [0.1, 0.15) is 12.5 Å². The standard InChI is InChI=1S/C13H17FN2O/c1-4-7-15-13(17)10(3)16-11-6-5-9(2)12(14)8-11/h4-6,8,10,16H,1,7H2,2-3H3,(H,15,17). The Hall–Kier alpha value is -1.84. The second kappa shape index (κ2) is 6.03. The Morgan fingerprint density at radius 1 is 1.59 bits per heavy atom. The SMILES string of the molecule is C=CCNC(=O)C(C)Nc1ccc(C)c(F)c1. The minimum atomic E-state index is -0.419. The molecule has 0 saturated carbocycles. The van der Waals surface area contributed by atoms with Gasteiger partial charge in [-0.2, -0.15) is 0 Å². The summed E-state index contributed by atoms with van der Waals surface area (Å²) >= 11 is 0. The summed E-state index contributed by atoms with van der Waals surface area (Å²) in [6.45, 7) is 7.35. The normalized spacial score (nSPS) is 11.7. The van der Waals surface area contributed by atoms with Crippen LogP contribution in [-0.4, -0.2) is 18.5 Å². The first-order chi connectivity index (χ1) is 8.04. The summed E-state index contributed by atoms with van der Waals surface area (Å²) in [6.07, 6.45) is 1.61. The molecule has 0 fully saturated rings. The molecule has 1 unspecified atom stereocenters. The van der Waals surface area contributed by atoms with Gasteiger partial charge in [0.05, 0.1) is 0 Å². The largest absolute Gasteiger partial charge is 0.374 e. The average Bonchev–Trinajstić information content (AvgIpc) is 2.30. The van der Waals surface area contributed by atoms with Gasteiger partial charge in [0.15, 0.2) is 0 Å². The third kappa shape index (κ3) is 3.90. The lowest BCUT2D eigenvalue weighted by Crippen LogP contribution is -2.37. The van der Waals surface area contributed by atoms with Gasteiger partial charge in [-0.25, -0.2) is 4.39 Å². The molecule has 1 aromatic carbocycles. The first kappa shape index (κ1) is 13.2. The molecule has 92 valence electrons. The van der Waals surface area contributed by atoms with Crippen molar-refractivity contribution in [1.82, 2.24) is 5.32 Å². The molecule has 0 spiro atoms. The minimum Gasteiger partial charge on any atom is -0.374 e. The van der Waals surface area contributed by atoms with Crippen molar-refractivity contribution >= 4 is 11.6 Å². The van der Waals surface area contributed by atoms with E-state index in [2.05, 4.69) is 17.2 Å². The minimum absolute atomic E-state index is 0.147. The molecule has 3 nitrogen and oxygen atoms in total. The Balaban J connectivity index is 2.61.